The van der Waals surface area contributed by atoms with Crippen molar-refractivity contribution in [1.29, 1.82) is 0 Å². The van der Waals surface area contributed by atoms with E-state index >= 15 is 0 Å². The van der Waals surface area contributed by atoms with Gasteiger partial charge in [0.05, 0.1) is 16.2 Å². The Morgan fingerprint density at radius 1 is 1.13 bits per heavy atom. The lowest BCUT2D eigenvalue weighted by molar-refractivity contribution is -0.384. The molecule has 3 N–H and O–H groups in total. The van der Waals surface area contributed by atoms with Crippen LogP contribution < -0.4 is 10.6 Å². The molecule has 0 atom stereocenters. The molecule has 9 nitrogen and oxygen atoms in total. The van der Waals surface area contributed by atoms with Crippen molar-refractivity contribution in [3.63, 3.8) is 0 Å². The van der Waals surface area contributed by atoms with E-state index in [-0.39, 0.29) is 41.7 Å². The number of carbonyl (C=O) groups is 1. The number of carbonyl (C=O) groups excluding carboxylic acids is 1. The quantitative estimate of drug-likeness (QED) is 0.278. The number of nitrogens with one attached hydrogen (secondary N) is 3. The summed E-state index contributed by atoms with van der Waals surface area (Å²) in [5.74, 6) is -0.158. The SMILES string of the molecule is Cc1ccc2[nH]c(C)c(CC(=O)NCCNc3ccc(S(C)(=O)=O)cc3[N+](=O)[O-])c2c1. The number of aromatic amines is 1. The third-order valence-corrected chi connectivity index (χ3v) is 6.08. The number of rotatable bonds is 8. The maximum Gasteiger partial charge on any atom is 0.293 e. The van der Waals surface area contributed by atoms with Gasteiger partial charge in [0.1, 0.15) is 5.69 Å². The summed E-state index contributed by atoms with van der Waals surface area (Å²) in [6.07, 6.45) is 1.21. The Balaban J connectivity index is 1.60. The smallest absolute Gasteiger partial charge is 0.293 e. The number of hydrogen-bond donors (Lipinski definition) is 3. The third-order valence-electron chi connectivity index (χ3n) is 4.97. The van der Waals surface area contributed by atoms with Crippen LogP contribution in [0.1, 0.15) is 16.8 Å². The van der Waals surface area contributed by atoms with E-state index in [1.807, 2.05) is 32.0 Å². The molecule has 0 aliphatic carbocycles. The van der Waals surface area contributed by atoms with Gasteiger partial charge in [-0.1, -0.05) is 11.6 Å². The third kappa shape index (κ3) is 5.21. The Morgan fingerprint density at radius 2 is 1.87 bits per heavy atom. The fourth-order valence-corrected chi connectivity index (χ4v) is 4.03. The van der Waals surface area contributed by atoms with Gasteiger partial charge >= 0.3 is 0 Å². The van der Waals surface area contributed by atoms with Crippen molar-refractivity contribution in [2.45, 2.75) is 25.2 Å². The molecule has 0 unspecified atom stereocenters. The highest BCUT2D eigenvalue weighted by Gasteiger charge is 2.18. The summed E-state index contributed by atoms with van der Waals surface area (Å²) in [5.41, 5.74) is 3.83. The molecule has 0 aliphatic rings. The van der Waals surface area contributed by atoms with Gasteiger partial charge in [-0.25, -0.2) is 8.42 Å². The number of aromatic nitrogens is 1. The van der Waals surface area contributed by atoms with Gasteiger partial charge in [0.15, 0.2) is 9.84 Å². The fraction of sp³-hybridized carbons (Fsp3) is 0.286. The number of nitro groups is 1. The number of H-pyrrole nitrogens is 1. The van der Waals surface area contributed by atoms with Crippen LogP contribution in [0.5, 0.6) is 0 Å². The van der Waals surface area contributed by atoms with Gasteiger partial charge in [-0.2, -0.15) is 0 Å². The first-order chi connectivity index (χ1) is 14.6. The number of aryl methyl sites for hydroxylation is 2. The van der Waals surface area contributed by atoms with Gasteiger partial charge in [0.2, 0.25) is 5.91 Å². The Morgan fingerprint density at radius 3 is 2.55 bits per heavy atom. The molecule has 0 radical (unpaired) electrons. The fourth-order valence-electron chi connectivity index (χ4n) is 3.39. The van der Waals surface area contributed by atoms with Crippen molar-refractivity contribution >= 4 is 38.0 Å². The number of anilines is 1. The van der Waals surface area contributed by atoms with Crippen LogP contribution in [0, 0.1) is 24.0 Å². The molecule has 1 heterocycles. The van der Waals surface area contributed by atoms with Gasteiger partial charge < -0.3 is 15.6 Å². The van der Waals surface area contributed by atoms with E-state index in [0.29, 0.717) is 0 Å². The number of sulfone groups is 1. The van der Waals surface area contributed by atoms with Crippen molar-refractivity contribution in [2.75, 3.05) is 24.7 Å². The topological polar surface area (TPSA) is 134 Å². The van der Waals surface area contributed by atoms with Gasteiger partial charge in [0.25, 0.3) is 5.69 Å². The average molecular weight is 445 g/mol. The molecule has 0 fully saturated rings. The van der Waals surface area contributed by atoms with E-state index in [2.05, 4.69) is 15.6 Å². The van der Waals surface area contributed by atoms with Crippen molar-refractivity contribution < 1.29 is 18.1 Å². The van der Waals surface area contributed by atoms with Gasteiger partial charge in [0, 0.05) is 42.0 Å². The molecule has 1 aromatic heterocycles. The zero-order valence-electron chi connectivity index (χ0n) is 17.5. The summed E-state index contributed by atoms with van der Waals surface area (Å²) in [4.78, 5) is 26.2. The van der Waals surface area contributed by atoms with Crippen LogP contribution >= 0.6 is 0 Å². The number of fused-ring (bicyclic) bond motifs is 1. The van der Waals surface area contributed by atoms with Gasteiger partial charge in [-0.15, -0.1) is 0 Å². The minimum absolute atomic E-state index is 0.123. The zero-order valence-corrected chi connectivity index (χ0v) is 18.3. The standard InChI is InChI=1S/C21H24N4O5S/c1-13-4-6-18-17(10-13)16(14(2)24-18)12-21(26)23-9-8-22-19-7-5-15(31(3,29)30)11-20(19)25(27)28/h4-7,10-11,22,24H,8-9,12H2,1-3H3,(H,23,26). The number of amides is 1. The van der Waals surface area contributed by atoms with Crippen molar-refractivity contribution in [1.82, 2.24) is 10.3 Å². The van der Waals surface area contributed by atoms with Crippen LogP contribution in [-0.2, 0) is 21.1 Å². The highest BCUT2D eigenvalue weighted by atomic mass is 32.2. The number of nitro benzene ring substituents is 1. The van der Waals surface area contributed by atoms with E-state index in [9.17, 15) is 23.3 Å². The molecule has 164 valence electrons. The highest BCUT2D eigenvalue weighted by Crippen LogP contribution is 2.27. The van der Waals surface area contributed by atoms with E-state index in [0.717, 1.165) is 40.0 Å². The molecule has 2 aromatic carbocycles. The first-order valence-electron chi connectivity index (χ1n) is 9.63. The Kier molecular flexibility index (Phi) is 6.30. The van der Waals surface area contributed by atoms with Crippen LogP contribution in [0.25, 0.3) is 10.9 Å². The van der Waals surface area contributed by atoms with Crippen LogP contribution in [0.4, 0.5) is 11.4 Å². The molecule has 0 saturated carbocycles. The van der Waals surface area contributed by atoms with E-state index in [1.165, 1.54) is 12.1 Å². The largest absolute Gasteiger partial charge is 0.378 e. The van der Waals surface area contributed by atoms with Crippen molar-refractivity contribution in [2.24, 2.45) is 0 Å². The van der Waals surface area contributed by atoms with E-state index in [1.54, 1.807) is 0 Å². The maximum absolute atomic E-state index is 12.4. The normalized spacial score (nSPS) is 11.5. The van der Waals surface area contributed by atoms with Crippen LogP contribution in [0.2, 0.25) is 0 Å². The maximum atomic E-state index is 12.4. The molecular weight excluding hydrogens is 420 g/mol. The number of hydrogen-bond acceptors (Lipinski definition) is 6. The first-order valence-corrected chi connectivity index (χ1v) is 11.5. The summed E-state index contributed by atoms with van der Waals surface area (Å²) in [6.45, 7) is 4.43. The highest BCUT2D eigenvalue weighted by molar-refractivity contribution is 7.90. The lowest BCUT2D eigenvalue weighted by Gasteiger charge is -2.10. The second kappa shape index (κ2) is 8.76. The minimum atomic E-state index is -3.55. The molecule has 3 rings (SSSR count). The summed E-state index contributed by atoms with van der Waals surface area (Å²) in [5, 5.41) is 18.0. The first kappa shape index (κ1) is 22.3. The van der Waals surface area contributed by atoms with Crippen LogP contribution in [-0.4, -0.2) is 43.6 Å². The van der Waals surface area contributed by atoms with Crippen LogP contribution in [0.15, 0.2) is 41.3 Å². The molecule has 0 spiro atoms. The predicted molar refractivity (Wildman–Crippen MR) is 119 cm³/mol. The summed E-state index contributed by atoms with van der Waals surface area (Å²) in [7, 11) is -3.55. The molecule has 31 heavy (non-hydrogen) atoms. The molecule has 3 aromatic rings. The average Bonchev–Trinajstić information content (AvgIpc) is 2.99. The molecule has 0 bridgehead atoms. The van der Waals surface area contributed by atoms with Gasteiger partial charge in [-0.3, -0.25) is 14.9 Å². The van der Waals surface area contributed by atoms with Gasteiger partial charge in [-0.05, 0) is 43.7 Å². The molecule has 1 amide bonds. The number of nitrogens with zero attached hydrogens (tertiary/aromatic N) is 1. The van der Waals surface area contributed by atoms with E-state index in [4.69, 9.17) is 0 Å². The number of benzene rings is 2. The lowest BCUT2D eigenvalue weighted by atomic mass is 10.1. The summed E-state index contributed by atoms with van der Waals surface area (Å²) >= 11 is 0. The molecular formula is C21H24N4O5S. The van der Waals surface area contributed by atoms with Crippen molar-refractivity contribution in [3.8, 4) is 0 Å². The second-order valence-corrected chi connectivity index (χ2v) is 9.46. The lowest BCUT2D eigenvalue weighted by Crippen LogP contribution is -2.30. The molecule has 0 saturated heterocycles. The Hall–Kier alpha value is -3.40. The Labute approximate surface area is 179 Å². The minimum Gasteiger partial charge on any atom is -0.378 e. The predicted octanol–water partition coefficient (Wildman–Crippen LogP) is 2.87. The second-order valence-electron chi connectivity index (χ2n) is 7.44. The van der Waals surface area contributed by atoms with Crippen LogP contribution in [0.3, 0.4) is 0 Å². The molecule has 0 aliphatic heterocycles. The monoisotopic (exact) mass is 444 g/mol. The summed E-state index contributed by atoms with van der Waals surface area (Å²) < 4.78 is 23.2. The van der Waals surface area contributed by atoms with Crippen molar-refractivity contribution in [3.05, 3.63) is 63.3 Å². The Bertz CT molecular complexity index is 1260. The molecule has 10 heteroatoms. The zero-order chi connectivity index (χ0) is 22.8. The summed E-state index contributed by atoms with van der Waals surface area (Å²) in [6, 6.07) is 9.74. The van der Waals surface area contributed by atoms with E-state index < -0.39 is 14.8 Å².